The first-order chi connectivity index (χ1) is 8.70. The molecule has 0 aliphatic carbocycles. The minimum absolute atomic E-state index is 0.155. The maximum absolute atomic E-state index is 5.48. The van der Waals surface area contributed by atoms with Crippen LogP contribution in [0.1, 0.15) is 25.7 Å². The SMILES string of the molecule is CCOc1cccc(NC(C)c2nccn2C)c1. The van der Waals surface area contributed by atoms with Crippen LogP contribution in [-0.4, -0.2) is 16.2 Å². The van der Waals surface area contributed by atoms with Crippen molar-refractivity contribution in [2.75, 3.05) is 11.9 Å². The smallest absolute Gasteiger partial charge is 0.130 e. The molecule has 0 bridgehead atoms. The van der Waals surface area contributed by atoms with Gasteiger partial charge in [-0.3, -0.25) is 0 Å². The summed E-state index contributed by atoms with van der Waals surface area (Å²) >= 11 is 0. The molecule has 1 N–H and O–H groups in total. The number of imidazole rings is 1. The van der Waals surface area contributed by atoms with E-state index in [1.54, 1.807) is 0 Å². The van der Waals surface area contributed by atoms with Gasteiger partial charge in [0.05, 0.1) is 12.6 Å². The zero-order valence-corrected chi connectivity index (χ0v) is 11.1. The average Bonchev–Trinajstić information content (AvgIpc) is 2.76. The Bertz CT molecular complexity index is 507. The van der Waals surface area contributed by atoms with E-state index in [0.717, 1.165) is 17.3 Å². The highest BCUT2D eigenvalue weighted by molar-refractivity contribution is 5.49. The molecule has 0 saturated heterocycles. The maximum Gasteiger partial charge on any atom is 0.130 e. The Kier molecular flexibility index (Phi) is 3.87. The van der Waals surface area contributed by atoms with Gasteiger partial charge in [-0.25, -0.2) is 4.98 Å². The lowest BCUT2D eigenvalue weighted by molar-refractivity contribution is 0.340. The van der Waals surface area contributed by atoms with Gasteiger partial charge in [-0.2, -0.15) is 0 Å². The Labute approximate surface area is 108 Å². The van der Waals surface area contributed by atoms with Gasteiger partial charge in [0, 0.05) is 31.2 Å². The summed E-state index contributed by atoms with van der Waals surface area (Å²) in [6, 6.07) is 8.13. The molecule has 0 amide bonds. The third kappa shape index (κ3) is 2.83. The minimum Gasteiger partial charge on any atom is -0.494 e. The Hall–Kier alpha value is -1.97. The van der Waals surface area contributed by atoms with Gasteiger partial charge < -0.3 is 14.6 Å². The molecule has 2 aromatic rings. The molecule has 1 atom stereocenters. The van der Waals surface area contributed by atoms with Crippen LogP contribution < -0.4 is 10.1 Å². The molecular weight excluding hydrogens is 226 g/mol. The molecule has 1 heterocycles. The van der Waals surface area contributed by atoms with E-state index < -0.39 is 0 Å². The number of aromatic nitrogens is 2. The third-order valence-electron chi connectivity index (χ3n) is 2.77. The molecule has 0 aliphatic heterocycles. The Morgan fingerprint density at radius 2 is 2.28 bits per heavy atom. The average molecular weight is 245 g/mol. The van der Waals surface area contributed by atoms with E-state index >= 15 is 0 Å². The molecule has 0 fully saturated rings. The molecule has 0 spiro atoms. The van der Waals surface area contributed by atoms with Crippen LogP contribution in [0.25, 0.3) is 0 Å². The van der Waals surface area contributed by atoms with Gasteiger partial charge >= 0.3 is 0 Å². The van der Waals surface area contributed by atoms with E-state index in [0.29, 0.717) is 6.61 Å². The van der Waals surface area contributed by atoms with Crippen molar-refractivity contribution < 1.29 is 4.74 Å². The molecule has 96 valence electrons. The lowest BCUT2D eigenvalue weighted by Crippen LogP contribution is -2.11. The van der Waals surface area contributed by atoms with Crippen LogP contribution in [0.15, 0.2) is 36.7 Å². The Balaban J connectivity index is 2.09. The summed E-state index contributed by atoms with van der Waals surface area (Å²) < 4.78 is 7.50. The third-order valence-corrected chi connectivity index (χ3v) is 2.77. The van der Waals surface area contributed by atoms with Crippen LogP contribution in [0.4, 0.5) is 5.69 Å². The number of hydrogen-bond donors (Lipinski definition) is 1. The van der Waals surface area contributed by atoms with Crippen LogP contribution in [0.3, 0.4) is 0 Å². The highest BCUT2D eigenvalue weighted by atomic mass is 16.5. The van der Waals surface area contributed by atoms with Gasteiger partial charge in [0.1, 0.15) is 11.6 Å². The fourth-order valence-corrected chi connectivity index (χ4v) is 1.95. The van der Waals surface area contributed by atoms with E-state index in [2.05, 4.69) is 17.2 Å². The lowest BCUT2D eigenvalue weighted by atomic mass is 10.2. The Morgan fingerprint density at radius 1 is 1.44 bits per heavy atom. The maximum atomic E-state index is 5.48. The second-order valence-corrected chi connectivity index (χ2v) is 4.22. The molecule has 4 heteroatoms. The highest BCUT2D eigenvalue weighted by Gasteiger charge is 2.09. The van der Waals surface area contributed by atoms with Gasteiger partial charge in [0.2, 0.25) is 0 Å². The molecule has 1 aromatic carbocycles. The number of nitrogens with zero attached hydrogens (tertiary/aromatic N) is 2. The lowest BCUT2D eigenvalue weighted by Gasteiger charge is -2.15. The molecule has 18 heavy (non-hydrogen) atoms. The molecule has 0 aliphatic rings. The van der Waals surface area contributed by atoms with Gasteiger partial charge in [0.15, 0.2) is 0 Å². The predicted octanol–water partition coefficient (Wildman–Crippen LogP) is 2.99. The largest absolute Gasteiger partial charge is 0.494 e. The number of rotatable bonds is 5. The van der Waals surface area contributed by atoms with Crippen molar-refractivity contribution in [2.24, 2.45) is 7.05 Å². The first kappa shape index (κ1) is 12.5. The summed E-state index contributed by atoms with van der Waals surface area (Å²) in [5.41, 5.74) is 1.04. The van der Waals surface area contributed by atoms with E-state index in [-0.39, 0.29) is 6.04 Å². The van der Waals surface area contributed by atoms with Crippen molar-refractivity contribution in [3.05, 3.63) is 42.5 Å². The summed E-state index contributed by atoms with van der Waals surface area (Å²) in [5.74, 6) is 1.89. The zero-order valence-electron chi connectivity index (χ0n) is 11.1. The molecular formula is C14H19N3O. The monoisotopic (exact) mass is 245 g/mol. The Morgan fingerprint density at radius 3 is 2.94 bits per heavy atom. The second kappa shape index (κ2) is 5.58. The first-order valence-electron chi connectivity index (χ1n) is 6.17. The minimum atomic E-state index is 0.155. The number of nitrogens with one attached hydrogen (secondary N) is 1. The number of hydrogen-bond acceptors (Lipinski definition) is 3. The van der Waals surface area contributed by atoms with E-state index in [1.807, 2.05) is 55.2 Å². The number of ether oxygens (including phenoxy) is 1. The quantitative estimate of drug-likeness (QED) is 0.880. The number of anilines is 1. The molecule has 0 saturated carbocycles. The fraction of sp³-hybridized carbons (Fsp3) is 0.357. The van der Waals surface area contributed by atoms with Gasteiger partial charge in [-0.05, 0) is 26.0 Å². The van der Waals surface area contributed by atoms with Gasteiger partial charge in [0.25, 0.3) is 0 Å². The highest BCUT2D eigenvalue weighted by Crippen LogP contribution is 2.21. The van der Waals surface area contributed by atoms with Crippen LogP contribution in [0, 0.1) is 0 Å². The van der Waals surface area contributed by atoms with Crippen LogP contribution in [0.5, 0.6) is 5.75 Å². The predicted molar refractivity (Wildman–Crippen MR) is 72.9 cm³/mol. The zero-order chi connectivity index (χ0) is 13.0. The molecule has 1 unspecified atom stereocenters. The molecule has 4 nitrogen and oxygen atoms in total. The first-order valence-corrected chi connectivity index (χ1v) is 6.17. The van der Waals surface area contributed by atoms with E-state index in [9.17, 15) is 0 Å². The summed E-state index contributed by atoms with van der Waals surface area (Å²) in [5, 5.41) is 3.42. The van der Waals surface area contributed by atoms with Crippen molar-refractivity contribution in [2.45, 2.75) is 19.9 Å². The van der Waals surface area contributed by atoms with Crippen LogP contribution in [0.2, 0.25) is 0 Å². The van der Waals surface area contributed by atoms with Crippen molar-refractivity contribution >= 4 is 5.69 Å². The van der Waals surface area contributed by atoms with E-state index in [4.69, 9.17) is 4.74 Å². The standard InChI is InChI=1S/C14H19N3O/c1-4-18-13-7-5-6-12(10-13)16-11(2)14-15-8-9-17(14)3/h5-11,16H,4H2,1-3H3. The summed E-state index contributed by atoms with van der Waals surface area (Å²) in [7, 11) is 2.00. The number of benzene rings is 1. The topological polar surface area (TPSA) is 39.1 Å². The van der Waals surface area contributed by atoms with Crippen molar-refractivity contribution in [3.8, 4) is 5.75 Å². The fourth-order valence-electron chi connectivity index (χ4n) is 1.95. The van der Waals surface area contributed by atoms with Crippen molar-refractivity contribution in [1.29, 1.82) is 0 Å². The summed E-state index contributed by atoms with van der Waals surface area (Å²) in [6.45, 7) is 4.75. The summed E-state index contributed by atoms with van der Waals surface area (Å²) in [6.07, 6.45) is 3.76. The van der Waals surface area contributed by atoms with Crippen molar-refractivity contribution in [1.82, 2.24) is 9.55 Å². The van der Waals surface area contributed by atoms with E-state index in [1.165, 1.54) is 0 Å². The van der Waals surface area contributed by atoms with Crippen molar-refractivity contribution in [3.63, 3.8) is 0 Å². The van der Waals surface area contributed by atoms with Gasteiger partial charge in [-0.15, -0.1) is 0 Å². The van der Waals surface area contributed by atoms with Crippen LogP contribution in [-0.2, 0) is 7.05 Å². The second-order valence-electron chi connectivity index (χ2n) is 4.22. The normalized spacial score (nSPS) is 12.2. The number of aryl methyl sites for hydroxylation is 1. The summed E-state index contributed by atoms with van der Waals surface area (Å²) in [4.78, 5) is 4.34. The molecule has 1 aromatic heterocycles. The van der Waals surface area contributed by atoms with Gasteiger partial charge in [-0.1, -0.05) is 6.07 Å². The molecule has 2 rings (SSSR count). The van der Waals surface area contributed by atoms with Crippen LogP contribution >= 0.6 is 0 Å². The molecule has 0 radical (unpaired) electrons.